The molecule has 2 fully saturated rings. The van der Waals surface area contributed by atoms with Crippen molar-refractivity contribution in [3.05, 3.63) is 29.6 Å². The summed E-state index contributed by atoms with van der Waals surface area (Å²) in [5, 5.41) is 3.65. The normalized spacial score (nSPS) is 24.6. The topological polar surface area (TPSA) is 28.2 Å². The van der Waals surface area contributed by atoms with Gasteiger partial charge in [0.15, 0.2) is 0 Å². The number of nitrogens with zero attached hydrogens (tertiary/aromatic N) is 2. The van der Waals surface area contributed by atoms with Crippen LogP contribution in [0.15, 0.2) is 18.3 Å². The van der Waals surface area contributed by atoms with Crippen molar-refractivity contribution in [3.8, 4) is 0 Å². The molecular formula is C15H23N3. The highest BCUT2D eigenvalue weighted by Gasteiger charge is 2.26. The van der Waals surface area contributed by atoms with Gasteiger partial charge in [-0.05, 0) is 56.8 Å². The van der Waals surface area contributed by atoms with E-state index >= 15 is 0 Å². The molecule has 18 heavy (non-hydrogen) atoms. The summed E-state index contributed by atoms with van der Waals surface area (Å²) >= 11 is 0. The highest BCUT2D eigenvalue weighted by Crippen LogP contribution is 2.22. The van der Waals surface area contributed by atoms with Crippen LogP contribution < -0.4 is 5.32 Å². The van der Waals surface area contributed by atoms with Crippen molar-refractivity contribution in [3.63, 3.8) is 0 Å². The van der Waals surface area contributed by atoms with Crippen molar-refractivity contribution in [1.29, 1.82) is 0 Å². The van der Waals surface area contributed by atoms with E-state index in [2.05, 4.69) is 28.2 Å². The third-order valence-corrected chi connectivity index (χ3v) is 4.13. The maximum Gasteiger partial charge on any atom is 0.0573 e. The highest BCUT2D eigenvalue weighted by atomic mass is 15.2. The van der Waals surface area contributed by atoms with Crippen LogP contribution >= 0.6 is 0 Å². The zero-order valence-corrected chi connectivity index (χ0v) is 11.2. The van der Waals surface area contributed by atoms with E-state index in [0.29, 0.717) is 0 Å². The first-order valence-electron chi connectivity index (χ1n) is 7.17. The van der Waals surface area contributed by atoms with Crippen LogP contribution in [0.4, 0.5) is 0 Å². The van der Waals surface area contributed by atoms with Crippen molar-refractivity contribution in [2.24, 2.45) is 5.92 Å². The van der Waals surface area contributed by atoms with Gasteiger partial charge < -0.3 is 5.32 Å². The molecule has 1 unspecified atom stereocenters. The summed E-state index contributed by atoms with van der Waals surface area (Å²) in [6.07, 6.45) is 6.03. The second-order valence-corrected chi connectivity index (χ2v) is 5.84. The standard InChI is InChI=1S/C15H23N3/c1-12-3-2-7-16-15(12)11-18-8-6-13(10-18)9-17-14-4-5-14/h2-3,7,13-14,17H,4-6,8-11H2,1H3. The first-order chi connectivity index (χ1) is 8.81. The van der Waals surface area contributed by atoms with Crippen LogP contribution in [0.25, 0.3) is 0 Å². The summed E-state index contributed by atoms with van der Waals surface area (Å²) in [7, 11) is 0. The van der Waals surface area contributed by atoms with Crippen molar-refractivity contribution in [2.45, 2.75) is 38.8 Å². The van der Waals surface area contributed by atoms with Crippen LogP contribution in [0.1, 0.15) is 30.5 Å². The molecule has 3 rings (SSSR count). The minimum absolute atomic E-state index is 0.842. The van der Waals surface area contributed by atoms with Gasteiger partial charge in [-0.3, -0.25) is 9.88 Å². The molecule has 0 aromatic carbocycles. The molecule has 0 bridgehead atoms. The molecule has 1 aliphatic heterocycles. The fourth-order valence-electron chi connectivity index (χ4n) is 2.74. The number of hydrogen-bond acceptors (Lipinski definition) is 3. The second-order valence-electron chi connectivity index (χ2n) is 5.84. The zero-order chi connectivity index (χ0) is 12.4. The molecule has 98 valence electrons. The summed E-state index contributed by atoms with van der Waals surface area (Å²) in [5.41, 5.74) is 2.56. The Morgan fingerprint density at radius 2 is 2.28 bits per heavy atom. The summed E-state index contributed by atoms with van der Waals surface area (Å²) in [4.78, 5) is 7.04. The lowest BCUT2D eigenvalue weighted by atomic mass is 10.1. The van der Waals surface area contributed by atoms with Crippen LogP contribution in [-0.4, -0.2) is 35.6 Å². The Morgan fingerprint density at radius 1 is 1.39 bits per heavy atom. The molecule has 1 saturated heterocycles. The van der Waals surface area contributed by atoms with Gasteiger partial charge in [-0.15, -0.1) is 0 Å². The first kappa shape index (κ1) is 12.1. The molecule has 3 heteroatoms. The number of aromatic nitrogens is 1. The predicted octanol–water partition coefficient (Wildman–Crippen LogP) is 1.96. The van der Waals surface area contributed by atoms with Gasteiger partial charge in [0.05, 0.1) is 5.69 Å². The molecular weight excluding hydrogens is 222 g/mol. The number of likely N-dealkylation sites (tertiary alicyclic amines) is 1. The van der Waals surface area contributed by atoms with Gasteiger partial charge in [-0.25, -0.2) is 0 Å². The first-order valence-corrected chi connectivity index (χ1v) is 7.17. The molecule has 0 spiro atoms. The molecule has 1 aromatic rings. The summed E-state index contributed by atoms with van der Waals surface area (Å²) < 4.78 is 0. The Hall–Kier alpha value is -0.930. The lowest BCUT2D eigenvalue weighted by Crippen LogP contribution is -2.27. The van der Waals surface area contributed by atoms with Crippen LogP contribution in [0.3, 0.4) is 0 Å². The number of nitrogens with one attached hydrogen (secondary N) is 1. The monoisotopic (exact) mass is 245 g/mol. The Balaban J connectivity index is 1.48. The van der Waals surface area contributed by atoms with E-state index in [0.717, 1.165) is 18.5 Å². The van der Waals surface area contributed by atoms with E-state index in [4.69, 9.17) is 0 Å². The average Bonchev–Trinajstić information content (AvgIpc) is 3.10. The molecule has 1 saturated carbocycles. The van der Waals surface area contributed by atoms with E-state index in [1.807, 2.05) is 12.3 Å². The van der Waals surface area contributed by atoms with Crippen LogP contribution in [0, 0.1) is 12.8 Å². The summed E-state index contributed by atoms with van der Waals surface area (Å²) in [5.74, 6) is 0.842. The van der Waals surface area contributed by atoms with Gasteiger partial charge in [0.2, 0.25) is 0 Å². The van der Waals surface area contributed by atoms with Crippen molar-refractivity contribution in [1.82, 2.24) is 15.2 Å². The number of pyridine rings is 1. The Labute approximate surface area is 110 Å². The zero-order valence-electron chi connectivity index (χ0n) is 11.2. The minimum atomic E-state index is 0.842. The molecule has 1 N–H and O–H groups in total. The van der Waals surface area contributed by atoms with Crippen LogP contribution in [0.2, 0.25) is 0 Å². The maximum absolute atomic E-state index is 4.49. The van der Waals surface area contributed by atoms with Crippen molar-refractivity contribution >= 4 is 0 Å². The van der Waals surface area contributed by atoms with Gasteiger partial charge in [0.1, 0.15) is 0 Å². The Morgan fingerprint density at radius 3 is 3.06 bits per heavy atom. The predicted molar refractivity (Wildman–Crippen MR) is 73.4 cm³/mol. The van der Waals surface area contributed by atoms with Gasteiger partial charge >= 0.3 is 0 Å². The summed E-state index contributed by atoms with van der Waals surface area (Å²) in [6, 6.07) is 5.02. The van der Waals surface area contributed by atoms with E-state index in [1.54, 1.807) is 0 Å². The quantitative estimate of drug-likeness (QED) is 0.859. The Bertz CT molecular complexity index is 400. The van der Waals surface area contributed by atoms with Gasteiger partial charge in [-0.2, -0.15) is 0 Å². The van der Waals surface area contributed by atoms with Crippen LogP contribution in [0.5, 0.6) is 0 Å². The van der Waals surface area contributed by atoms with E-state index < -0.39 is 0 Å². The molecule has 1 aromatic heterocycles. The molecule has 1 aliphatic carbocycles. The number of rotatable bonds is 5. The Kier molecular flexibility index (Phi) is 3.62. The van der Waals surface area contributed by atoms with Crippen LogP contribution in [-0.2, 0) is 6.54 Å². The third kappa shape index (κ3) is 3.09. The minimum Gasteiger partial charge on any atom is -0.314 e. The van der Waals surface area contributed by atoms with Crippen molar-refractivity contribution in [2.75, 3.05) is 19.6 Å². The highest BCUT2D eigenvalue weighted by molar-refractivity contribution is 5.17. The smallest absolute Gasteiger partial charge is 0.0573 e. The molecule has 3 nitrogen and oxygen atoms in total. The van der Waals surface area contributed by atoms with E-state index in [9.17, 15) is 0 Å². The second kappa shape index (κ2) is 5.37. The number of hydrogen-bond donors (Lipinski definition) is 1. The van der Waals surface area contributed by atoms with Gasteiger partial charge in [0, 0.05) is 25.3 Å². The largest absolute Gasteiger partial charge is 0.314 e. The van der Waals surface area contributed by atoms with Crippen molar-refractivity contribution < 1.29 is 0 Å². The SMILES string of the molecule is Cc1cccnc1CN1CCC(CNC2CC2)C1. The average molecular weight is 245 g/mol. The lowest BCUT2D eigenvalue weighted by Gasteiger charge is -2.16. The third-order valence-electron chi connectivity index (χ3n) is 4.13. The van der Waals surface area contributed by atoms with E-state index in [1.165, 1.54) is 50.2 Å². The van der Waals surface area contributed by atoms with E-state index in [-0.39, 0.29) is 0 Å². The van der Waals surface area contributed by atoms with Gasteiger partial charge in [0.25, 0.3) is 0 Å². The van der Waals surface area contributed by atoms with Gasteiger partial charge in [-0.1, -0.05) is 6.07 Å². The molecule has 0 radical (unpaired) electrons. The molecule has 2 heterocycles. The lowest BCUT2D eigenvalue weighted by molar-refractivity contribution is 0.310. The summed E-state index contributed by atoms with van der Waals surface area (Å²) in [6.45, 7) is 6.85. The fourth-order valence-corrected chi connectivity index (χ4v) is 2.74. The molecule has 1 atom stereocenters. The molecule has 2 aliphatic rings. The number of aryl methyl sites for hydroxylation is 1. The fraction of sp³-hybridized carbons (Fsp3) is 0.667. The molecule has 0 amide bonds. The maximum atomic E-state index is 4.49.